The summed E-state index contributed by atoms with van der Waals surface area (Å²) in [4.78, 5) is 23.2. The summed E-state index contributed by atoms with van der Waals surface area (Å²) in [6.45, 7) is 0. The van der Waals surface area contributed by atoms with E-state index < -0.39 is 0 Å². The number of nitrogens with one attached hydrogen (secondary N) is 2. The number of rotatable bonds is 5. The summed E-state index contributed by atoms with van der Waals surface area (Å²) in [5, 5.41) is 3.40. The number of carbonyl (C=O) groups is 1. The van der Waals surface area contributed by atoms with Gasteiger partial charge in [0.25, 0.3) is 5.91 Å². The van der Waals surface area contributed by atoms with Crippen molar-refractivity contribution in [1.29, 1.82) is 0 Å². The van der Waals surface area contributed by atoms with Gasteiger partial charge < -0.3 is 19.6 Å². The first kappa shape index (κ1) is 23.5. The Hall–Kier alpha value is -4.91. The highest BCUT2D eigenvalue weighted by Gasteiger charge is 2.24. The average molecular weight is 505 g/mol. The van der Waals surface area contributed by atoms with Crippen LogP contribution < -0.4 is 10.2 Å². The molecule has 4 aromatic carbocycles. The van der Waals surface area contributed by atoms with Crippen LogP contribution in [0.4, 0.5) is 10.1 Å². The van der Waals surface area contributed by atoms with E-state index in [2.05, 4.69) is 16.4 Å². The molecule has 188 valence electrons. The molecule has 6 nitrogen and oxygen atoms in total. The van der Waals surface area contributed by atoms with Gasteiger partial charge in [-0.1, -0.05) is 30.3 Å². The standard InChI is InChI=1S/C31H25FN4O2/c1-33-31(37)28-23-16-22(19-7-6-8-20(15-19)30-34-24-9-4-5-10-25(24)35-30)26(36(2)3)17-27(23)38-29(28)18-11-13-21(32)14-12-18/h4-17H,1-3H3,(H,33,37)(H,34,35). The van der Waals surface area contributed by atoms with Crippen LogP contribution in [-0.4, -0.2) is 37.0 Å². The summed E-state index contributed by atoms with van der Waals surface area (Å²) < 4.78 is 19.8. The number of anilines is 1. The van der Waals surface area contributed by atoms with Gasteiger partial charge in [0.15, 0.2) is 0 Å². The molecular formula is C31H25FN4O2. The number of carbonyl (C=O) groups excluding carboxylic acids is 1. The fourth-order valence-corrected chi connectivity index (χ4v) is 4.81. The summed E-state index contributed by atoms with van der Waals surface area (Å²) in [6, 6.07) is 26.0. The predicted octanol–water partition coefficient (Wildman–Crippen LogP) is 6.87. The quantitative estimate of drug-likeness (QED) is 0.269. The Bertz CT molecular complexity index is 1780. The Labute approximate surface area is 218 Å². The normalized spacial score (nSPS) is 11.3. The lowest BCUT2D eigenvalue weighted by atomic mass is 9.97. The monoisotopic (exact) mass is 504 g/mol. The van der Waals surface area contributed by atoms with E-state index in [4.69, 9.17) is 9.40 Å². The zero-order valence-corrected chi connectivity index (χ0v) is 21.2. The van der Waals surface area contributed by atoms with Crippen LogP contribution in [0.25, 0.3) is 55.8 Å². The molecule has 6 aromatic rings. The number of halogens is 1. The number of aromatic nitrogens is 2. The molecule has 0 saturated carbocycles. The van der Waals surface area contributed by atoms with Gasteiger partial charge >= 0.3 is 0 Å². The topological polar surface area (TPSA) is 74.2 Å². The molecule has 2 aromatic heterocycles. The second-order valence-electron chi connectivity index (χ2n) is 9.34. The molecule has 2 heterocycles. The van der Waals surface area contributed by atoms with Crippen LogP contribution in [0, 0.1) is 5.82 Å². The van der Waals surface area contributed by atoms with Crippen molar-refractivity contribution >= 4 is 33.6 Å². The van der Waals surface area contributed by atoms with E-state index >= 15 is 0 Å². The minimum atomic E-state index is -0.354. The van der Waals surface area contributed by atoms with Gasteiger partial charge in [-0.2, -0.15) is 0 Å². The van der Waals surface area contributed by atoms with Crippen molar-refractivity contribution in [3.05, 3.63) is 96.3 Å². The van der Waals surface area contributed by atoms with Gasteiger partial charge in [0.2, 0.25) is 0 Å². The van der Waals surface area contributed by atoms with E-state index in [1.165, 1.54) is 12.1 Å². The van der Waals surface area contributed by atoms with Gasteiger partial charge in [-0.05, 0) is 54.1 Å². The van der Waals surface area contributed by atoms with E-state index in [9.17, 15) is 9.18 Å². The fourth-order valence-electron chi connectivity index (χ4n) is 4.81. The highest BCUT2D eigenvalue weighted by Crippen LogP contribution is 2.41. The van der Waals surface area contributed by atoms with Crippen LogP contribution in [0.1, 0.15) is 10.4 Å². The molecule has 38 heavy (non-hydrogen) atoms. The molecule has 0 unspecified atom stereocenters. The summed E-state index contributed by atoms with van der Waals surface area (Å²) >= 11 is 0. The Morgan fingerprint density at radius 3 is 2.42 bits per heavy atom. The number of nitrogens with zero attached hydrogens (tertiary/aromatic N) is 2. The van der Waals surface area contributed by atoms with Crippen LogP contribution in [0.5, 0.6) is 0 Å². The maximum atomic E-state index is 13.6. The first-order valence-electron chi connectivity index (χ1n) is 12.2. The molecule has 0 radical (unpaired) electrons. The van der Waals surface area contributed by atoms with Gasteiger partial charge in [-0.25, -0.2) is 9.37 Å². The molecule has 0 atom stereocenters. The summed E-state index contributed by atoms with van der Waals surface area (Å²) in [5.41, 5.74) is 7.30. The van der Waals surface area contributed by atoms with Crippen LogP contribution in [0.2, 0.25) is 0 Å². The van der Waals surface area contributed by atoms with Gasteiger partial charge in [0.05, 0.1) is 16.6 Å². The van der Waals surface area contributed by atoms with Crippen molar-refractivity contribution in [2.75, 3.05) is 26.0 Å². The van der Waals surface area contributed by atoms with Crippen LogP contribution in [0.15, 0.2) is 89.3 Å². The van der Waals surface area contributed by atoms with Crippen molar-refractivity contribution in [2.45, 2.75) is 0 Å². The number of fused-ring (bicyclic) bond motifs is 2. The molecule has 0 aliphatic rings. The van der Waals surface area contributed by atoms with Crippen molar-refractivity contribution in [2.24, 2.45) is 0 Å². The second kappa shape index (κ2) is 9.19. The lowest BCUT2D eigenvalue weighted by Gasteiger charge is -2.18. The van der Waals surface area contributed by atoms with E-state index in [-0.39, 0.29) is 11.7 Å². The third kappa shape index (κ3) is 3.98. The number of aromatic amines is 1. The number of hydrogen-bond donors (Lipinski definition) is 2. The summed E-state index contributed by atoms with van der Waals surface area (Å²) in [5.74, 6) is 0.557. The summed E-state index contributed by atoms with van der Waals surface area (Å²) in [7, 11) is 5.52. The number of furan rings is 1. The number of imidazole rings is 1. The van der Waals surface area contributed by atoms with Crippen molar-refractivity contribution in [1.82, 2.24) is 15.3 Å². The first-order valence-corrected chi connectivity index (χ1v) is 12.2. The molecule has 1 amide bonds. The molecule has 2 N–H and O–H groups in total. The van der Waals surface area contributed by atoms with Crippen molar-refractivity contribution in [3.63, 3.8) is 0 Å². The molecule has 0 saturated heterocycles. The molecule has 0 fully saturated rings. The second-order valence-corrected chi connectivity index (χ2v) is 9.34. The average Bonchev–Trinajstić information content (AvgIpc) is 3.54. The largest absolute Gasteiger partial charge is 0.455 e. The molecule has 0 spiro atoms. The smallest absolute Gasteiger partial charge is 0.255 e. The molecule has 6 rings (SSSR count). The first-order chi connectivity index (χ1) is 18.4. The fraction of sp³-hybridized carbons (Fsp3) is 0.0968. The minimum Gasteiger partial charge on any atom is -0.455 e. The summed E-state index contributed by atoms with van der Waals surface area (Å²) in [6.07, 6.45) is 0. The predicted molar refractivity (Wildman–Crippen MR) is 150 cm³/mol. The van der Waals surface area contributed by atoms with Gasteiger partial charge in [-0.15, -0.1) is 0 Å². The third-order valence-corrected chi connectivity index (χ3v) is 6.69. The third-order valence-electron chi connectivity index (χ3n) is 6.69. The van der Waals surface area contributed by atoms with Crippen LogP contribution >= 0.6 is 0 Å². The Balaban J connectivity index is 1.56. The maximum Gasteiger partial charge on any atom is 0.255 e. The van der Waals surface area contributed by atoms with E-state index in [1.807, 2.05) is 73.6 Å². The zero-order chi connectivity index (χ0) is 26.4. The van der Waals surface area contributed by atoms with Crippen LogP contribution in [0.3, 0.4) is 0 Å². The maximum absolute atomic E-state index is 13.6. The lowest BCUT2D eigenvalue weighted by molar-refractivity contribution is 0.0964. The molecular weight excluding hydrogens is 479 g/mol. The highest BCUT2D eigenvalue weighted by atomic mass is 19.1. The Kier molecular flexibility index (Phi) is 5.68. The molecule has 0 aliphatic carbocycles. The SMILES string of the molecule is CNC(=O)c1c(-c2ccc(F)cc2)oc2cc(N(C)C)c(-c3cccc(-c4nc5ccccc5[nH]4)c3)cc12. The van der Waals surface area contributed by atoms with Crippen molar-refractivity contribution in [3.8, 4) is 33.8 Å². The molecule has 0 aliphatic heterocycles. The lowest BCUT2D eigenvalue weighted by Crippen LogP contribution is -2.18. The Morgan fingerprint density at radius 2 is 1.68 bits per heavy atom. The number of amides is 1. The Morgan fingerprint density at radius 1 is 0.921 bits per heavy atom. The minimum absolute atomic E-state index is 0.275. The van der Waals surface area contributed by atoms with E-state index in [1.54, 1.807) is 19.2 Å². The number of hydrogen-bond acceptors (Lipinski definition) is 4. The number of H-pyrrole nitrogens is 1. The molecule has 7 heteroatoms. The van der Waals surface area contributed by atoms with E-state index in [0.29, 0.717) is 27.9 Å². The molecule has 0 bridgehead atoms. The van der Waals surface area contributed by atoms with Crippen LogP contribution in [-0.2, 0) is 0 Å². The van der Waals surface area contributed by atoms with Gasteiger partial charge in [0, 0.05) is 55.0 Å². The van der Waals surface area contributed by atoms with Gasteiger partial charge in [-0.3, -0.25) is 4.79 Å². The number of benzene rings is 4. The van der Waals surface area contributed by atoms with Crippen molar-refractivity contribution < 1.29 is 13.6 Å². The van der Waals surface area contributed by atoms with E-state index in [0.717, 1.165) is 39.2 Å². The number of para-hydroxylation sites is 2. The zero-order valence-electron chi connectivity index (χ0n) is 21.2. The van der Waals surface area contributed by atoms with Gasteiger partial charge in [0.1, 0.15) is 23.0 Å². The highest BCUT2D eigenvalue weighted by molar-refractivity contribution is 6.13.